The van der Waals surface area contributed by atoms with E-state index in [1.165, 1.54) is 43.0 Å². The molecule has 0 saturated heterocycles. The molecule has 0 spiro atoms. The van der Waals surface area contributed by atoms with Crippen LogP contribution in [0.2, 0.25) is 0 Å². The zero-order valence-corrected chi connectivity index (χ0v) is 13.1. The average Bonchev–Trinajstić information content (AvgIpc) is 2.40. The van der Waals surface area contributed by atoms with Crippen LogP contribution in [0.3, 0.4) is 0 Å². The van der Waals surface area contributed by atoms with Crippen molar-refractivity contribution in [1.29, 1.82) is 0 Å². The van der Waals surface area contributed by atoms with E-state index in [0.29, 0.717) is 10.5 Å². The van der Waals surface area contributed by atoms with Crippen molar-refractivity contribution in [3.05, 3.63) is 53.8 Å². The lowest BCUT2D eigenvalue weighted by molar-refractivity contribution is 0.101. The Hall–Kier alpha value is -1.66. The molecule has 0 unspecified atom stereocenters. The minimum absolute atomic E-state index is 0.218. The number of halogens is 1. The monoisotopic (exact) mass is 324 g/mol. The van der Waals surface area contributed by atoms with Crippen LogP contribution in [0.25, 0.3) is 0 Å². The van der Waals surface area contributed by atoms with Gasteiger partial charge in [-0.1, -0.05) is 11.8 Å². The fraction of sp³-hybridized carbons (Fsp3) is 0.133. The SMILES string of the molecule is CC(=O)c1cc(F)ccc1Sc1ccc(S(C)(=O)=O)cc1. The molecule has 0 amide bonds. The van der Waals surface area contributed by atoms with E-state index in [0.717, 1.165) is 11.2 Å². The van der Waals surface area contributed by atoms with Gasteiger partial charge < -0.3 is 0 Å². The molecule has 3 nitrogen and oxygen atoms in total. The van der Waals surface area contributed by atoms with Gasteiger partial charge in [0.1, 0.15) is 5.82 Å². The highest BCUT2D eigenvalue weighted by Crippen LogP contribution is 2.31. The summed E-state index contributed by atoms with van der Waals surface area (Å²) in [7, 11) is -3.23. The van der Waals surface area contributed by atoms with Crippen LogP contribution < -0.4 is 0 Å². The second-order valence-corrected chi connectivity index (χ2v) is 7.67. The number of sulfone groups is 1. The minimum atomic E-state index is -3.23. The van der Waals surface area contributed by atoms with Crippen molar-refractivity contribution in [2.75, 3.05) is 6.26 Å². The average molecular weight is 324 g/mol. The molecule has 0 aliphatic rings. The third-order valence-electron chi connectivity index (χ3n) is 2.80. The molecule has 0 fully saturated rings. The molecule has 2 aromatic rings. The smallest absolute Gasteiger partial charge is 0.175 e. The van der Waals surface area contributed by atoms with E-state index in [1.807, 2.05) is 0 Å². The highest BCUT2D eigenvalue weighted by atomic mass is 32.2. The van der Waals surface area contributed by atoms with Crippen LogP contribution in [0.1, 0.15) is 17.3 Å². The topological polar surface area (TPSA) is 51.2 Å². The molecule has 0 aromatic heterocycles. The summed E-state index contributed by atoms with van der Waals surface area (Å²) in [6.45, 7) is 1.38. The quantitative estimate of drug-likeness (QED) is 0.807. The first-order valence-electron chi connectivity index (χ1n) is 6.06. The standard InChI is InChI=1S/C15H13FO3S2/c1-10(17)14-9-11(16)3-8-15(14)20-12-4-6-13(7-5-12)21(2,18)19/h3-9H,1-2H3. The van der Waals surface area contributed by atoms with Crippen molar-refractivity contribution in [2.24, 2.45) is 0 Å². The summed E-state index contributed by atoms with van der Waals surface area (Å²) in [6, 6.07) is 10.4. The van der Waals surface area contributed by atoms with Crippen molar-refractivity contribution in [3.8, 4) is 0 Å². The third-order valence-corrected chi connectivity index (χ3v) is 5.01. The van der Waals surface area contributed by atoms with Crippen LogP contribution in [0.5, 0.6) is 0 Å². The Labute approximate surface area is 127 Å². The van der Waals surface area contributed by atoms with Gasteiger partial charge in [0.25, 0.3) is 0 Å². The van der Waals surface area contributed by atoms with E-state index in [9.17, 15) is 17.6 Å². The number of Topliss-reactive ketones (excluding diaryl/α,β-unsaturated/α-hetero) is 1. The molecule has 0 atom stereocenters. The maximum absolute atomic E-state index is 13.2. The van der Waals surface area contributed by atoms with Crippen molar-refractivity contribution >= 4 is 27.4 Å². The maximum atomic E-state index is 13.2. The first kappa shape index (κ1) is 15.7. The summed E-state index contributed by atoms with van der Waals surface area (Å²) in [5.41, 5.74) is 0.312. The molecule has 0 radical (unpaired) electrons. The van der Waals surface area contributed by atoms with E-state index >= 15 is 0 Å². The van der Waals surface area contributed by atoms with Gasteiger partial charge >= 0.3 is 0 Å². The molecule has 21 heavy (non-hydrogen) atoms. The van der Waals surface area contributed by atoms with Gasteiger partial charge in [-0.25, -0.2) is 12.8 Å². The maximum Gasteiger partial charge on any atom is 0.175 e. The number of benzene rings is 2. The predicted octanol–water partition coefficient (Wildman–Crippen LogP) is 3.58. The highest BCUT2D eigenvalue weighted by Gasteiger charge is 2.11. The molecule has 0 heterocycles. The normalized spacial score (nSPS) is 11.4. The summed E-state index contributed by atoms with van der Waals surface area (Å²) >= 11 is 1.29. The van der Waals surface area contributed by atoms with Gasteiger partial charge in [0, 0.05) is 21.6 Å². The van der Waals surface area contributed by atoms with Crippen LogP contribution in [-0.2, 0) is 9.84 Å². The van der Waals surface area contributed by atoms with E-state index in [4.69, 9.17) is 0 Å². The zero-order chi connectivity index (χ0) is 15.6. The molecule has 0 aliphatic heterocycles. The van der Waals surface area contributed by atoms with Crippen LogP contribution in [0, 0.1) is 5.82 Å². The largest absolute Gasteiger partial charge is 0.294 e. The Morgan fingerprint density at radius 3 is 2.24 bits per heavy atom. The lowest BCUT2D eigenvalue weighted by atomic mass is 10.1. The Morgan fingerprint density at radius 1 is 1.10 bits per heavy atom. The van der Waals surface area contributed by atoms with Gasteiger partial charge in [0.2, 0.25) is 0 Å². The Balaban J connectivity index is 2.33. The molecule has 110 valence electrons. The first-order chi connectivity index (χ1) is 9.77. The summed E-state index contributed by atoms with van der Waals surface area (Å²) in [5.74, 6) is -0.679. The number of rotatable bonds is 4. The molecule has 0 bridgehead atoms. The molecular weight excluding hydrogens is 311 g/mol. The van der Waals surface area contributed by atoms with Crippen LogP contribution >= 0.6 is 11.8 Å². The van der Waals surface area contributed by atoms with Crippen LogP contribution in [-0.4, -0.2) is 20.5 Å². The Kier molecular flexibility index (Phi) is 4.49. The number of carbonyl (C=O) groups excluding carboxylic acids is 1. The summed E-state index contributed by atoms with van der Waals surface area (Å²) in [4.78, 5) is 13.2. The summed E-state index contributed by atoms with van der Waals surface area (Å²) in [5, 5.41) is 0. The third kappa shape index (κ3) is 3.92. The minimum Gasteiger partial charge on any atom is -0.294 e. The van der Waals surface area contributed by atoms with E-state index in [1.54, 1.807) is 18.2 Å². The molecular formula is C15H13FO3S2. The van der Waals surface area contributed by atoms with Gasteiger partial charge in [-0.05, 0) is 49.4 Å². The fourth-order valence-corrected chi connectivity index (χ4v) is 3.35. The van der Waals surface area contributed by atoms with E-state index in [2.05, 4.69) is 0 Å². The Bertz CT molecular complexity index is 781. The van der Waals surface area contributed by atoms with Gasteiger partial charge in [-0.3, -0.25) is 4.79 Å². The highest BCUT2D eigenvalue weighted by molar-refractivity contribution is 7.99. The van der Waals surface area contributed by atoms with E-state index in [-0.39, 0.29) is 10.7 Å². The van der Waals surface area contributed by atoms with E-state index < -0.39 is 15.7 Å². The number of hydrogen-bond donors (Lipinski definition) is 0. The second-order valence-electron chi connectivity index (χ2n) is 4.54. The van der Waals surface area contributed by atoms with Crippen LogP contribution in [0.4, 0.5) is 4.39 Å². The van der Waals surface area contributed by atoms with Gasteiger partial charge in [-0.15, -0.1) is 0 Å². The predicted molar refractivity (Wildman–Crippen MR) is 80.1 cm³/mol. The molecule has 0 aliphatic carbocycles. The number of hydrogen-bond acceptors (Lipinski definition) is 4. The number of ketones is 1. The lowest BCUT2D eigenvalue weighted by Gasteiger charge is -2.07. The number of carbonyl (C=O) groups is 1. The van der Waals surface area contributed by atoms with Crippen molar-refractivity contribution in [2.45, 2.75) is 21.6 Å². The van der Waals surface area contributed by atoms with Crippen molar-refractivity contribution in [1.82, 2.24) is 0 Å². The van der Waals surface area contributed by atoms with Gasteiger partial charge in [0.05, 0.1) is 4.90 Å². The van der Waals surface area contributed by atoms with Crippen molar-refractivity contribution in [3.63, 3.8) is 0 Å². The second kappa shape index (κ2) is 5.99. The first-order valence-corrected chi connectivity index (χ1v) is 8.76. The summed E-state index contributed by atoms with van der Waals surface area (Å²) < 4.78 is 36.0. The summed E-state index contributed by atoms with van der Waals surface area (Å²) in [6.07, 6.45) is 1.14. The zero-order valence-electron chi connectivity index (χ0n) is 11.5. The molecule has 2 aromatic carbocycles. The van der Waals surface area contributed by atoms with Gasteiger partial charge in [-0.2, -0.15) is 0 Å². The van der Waals surface area contributed by atoms with Gasteiger partial charge in [0.15, 0.2) is 15.6 Å². The molecule has 0 N–H and O–H groups in total. The molecule has 6 heteroatoms. The fourth-order valence-electron chi connectivity index (χ4n) is 1.75. The molecule has 2 rings (SSSR count). The Morgan fingerprint density at radius 2 is 1.71 bits per heavy atom. The lowest BCUT2D eigenvalue weighted by Crippen LogP contribution is -1.97. The molecule has 0 saturated carbocycles. The van der Waals surface area contributed by atoms with Crippen LogP contribution in [0.15, 0.2) is 57.2 Å². The van der Waals surface area contributed by atoms with Crippen molar-refractivity contribution < 1.29 is 17.6 Å².